The average molecular weight is 247 g/mol. The molecule has 0 fully saturated rings. The van der Waals surface area contributed by atoms with Crippen molar-refractivity contribution in [3.05, 3.63) is 29.3 Å². The van der Waals surface area contributed by atoms with Gasteiger partial charge in [0.25, 0.3) is 0 Å². The Morgan fingerprint density at radius 3 is 2.89 bits per heavy atom. The van der Waals surface area contributed by atoms with Crippen molar-refractivity contribution in [1.82, 2.24) is 4.90 Å². The summed E-state index contributed by atoms with van der Waals surface area (Å²) in [5, 5.41) is 0. The summed E-state index contributed by atoms with van der Waals surface area (Å²) in [5.74, 6) is 1.13. The second-order valence-electron chi connectivity index (χ2n) is 5.00. The first-order valence-electron chi connectivity index (χ1n) is 6.64. The van der Waals surface area contributed by atoms with Crippen LogP contribution in [0.25, 0.3) is 0 Å². The third-order valence-electron chi connectivity index (χ3n) is 3.49. The van der Waals surface area contributed by atoms with Crippen LogP contribution in [0, 0.1) is 0 Å². The standard InChI is InChI=1S/C15H21NO2/c1-4-16(11(2)3)10-14(17)12-5-6-15-13(9-12)7-8-18-15/h5-6,9,11H,4,7-8,10H2,1-3H3. The molecule has 1 aromatic rings. The van der Waals surface area contributed by atoms with Crippen LogP contribution >= 0.6 is 0 Å². The fourth-order valence-electron chi connectivity index (χ4n) is 2.30. The Kier molecular flexibility index (Phi) is 4.02. The lowest BCUT2D eigenvalue weighted by Gasteiger charge is -2.23. The summed E-state index contributed by atoms with van der Waals surface area (Å²) in [6, 6.07) is 6.18. The van der Waals surface area contributed by atoms with E-state index in [4.69, 9.17) is 4.74 Å². The van der Waals surface area contributed by atoms with Gasteiger partial charge in [-0.1, -0.05) is 6.92 Å². The van der Waals surface area contributed by atoms with Crippen LogP contribution in [-0.4, -0.2) is 36.4 Å². The van der Waals surface area contributed by atoms with Gasteiger partial charge in [-0.25, -0.2) is 0 Å². The van der Waals surface area contributed by atoms with Crippen LogP contribution in [0.1, 0.15) is 36.7 Å². The maximum Gasteiger partial charge on any atom is 0.176 e. The van der Waals surface area contributed by atoms with Crippen LogP contribution in [0.5, 0.6) is 5.75 Å². The molecular weight excluding hydrogens is 226 g/mol. The van der Waals surface area contributed by atoms with E-state index in [0.29, 0.717) is 12.6 Å². The highest BCUT2D eigenvalue weighted by atomic mass is 16.5. The van der Waals surface area contributed by atoms with E-state index < -0.39 is 0 Å². The van der Waals surface area contributed by atoms with E-state index in [0.717, 1.165) is 36.4 Å². The van der Waals surface area contributed by atoms with Gasteiger partial charge >= 0.3 is 0 Å². The van der Waals surface area contributed by atoms with Crippen LogP contribution in [0.15, 0.2) is 18.2 Å². The molecule has 18 heavy (non-hydrogen) atoms. The number of benzene rings is 1. The third-order valence-corrected chi connectivity index (χ3v) is 3.49. The predicted octanol–water partition coefficient (Wildman–Crippen LogP) is 2.53. The number of hydrogen-bond donors (Lipinski definition) is 0. The van der Waals surface area contributed by atoms with E-state index in [9.17, 15) is 4.79 Å². The zero-order valence-corrected chi connectivity index (χ0v) is 11.4. The molecule has 0 amide bonds. The van der Waals surface area contributed by atoms with Crippen LogP contribution < -0.4 is 4.74 Å². The lowest BCUT2D eigenvalue weighted by atomic mass is 10.0. The van der Waals surface area contributed by atoms with Crippen molar-refractivity contribution >= 4 is 5.78 Å². The normalized spacial score (nSPS) is 13.8. The fraction of sp³-hybridized carbons (Fsp3) is 0.533. The SMILES string of the molecule is CCN(CC(=O)c1ccc2c(c1)CCO2)C(C)C. The first-order valence-corrected chi connectivity index (χ1v) is 6.64. The summed E-state index contributed by atoms with van der Waals surface area (Å²) in [5.41, 5.74) is 1.96. The van der Waals surface area contributed by atoms with Crippen LogP contribution in [0.2, 0.25) is 0 Å². The van der Waals surface area contributed by atoms with Gasteiger partial charge in [-0.15, -0.1) is 0 Å². The van der Waals surface area contributed by atoms with Gasteiger partial charge < -0.3 is 4.74 Å². The van der Waals surface area contributed by atoms with Crippen LogP contribution in [0.4, 0.5) is 0 Å². The number of carbonyl (C=O) groups excluding carboxylic acids is 1. The summed E-state index contributed by atoms with van der Waals surface area (Å²) in [6.07, 6.45) is 0.915. The molecule has 1 aliphatic rings. The molecule has 1 heterocycles. The van der Waals surface area contributed by atoms with Crippen LogP contribution in [-0.2, 0) is 6.42 Å². The molecule has 1 aromatic carbocycles. The quantitative estimate of drug-likeness (QED) is 0.749. The van der Waals surface area contributed by atoms with Crippen molar-refractivity contribution in [2.75, 3.05) is 19.7 Å². The molecule has 0 atom stereocenters. The van der Waals surface area contributed by atoms with E-state index in [-0.39, 0.29) is 5.78 Å². The number of rotatable bonds is 5. The minimum atomic E-state index is 0.195. The second kappa shape index (κ2) is 5.53. The number of nitrogens with zero attached hydrogens (tertiary/aromatic N) is 1. The number of hydrogen-bond acceptors (Lipinski definition) is 3. The predicted molar refractivity (Wildman–Crippen MR) is 72.4 cm³/mol. The Labute approximate surface area is 109 Å². The monoisotopic (exact) mass is 247 g/mol. The summed E-state index contributed by atoms with van der Waals surface area (Å²) < 4.78 is 5.45. The molecule has 0 aliphatic carbocycles. The molecule has 0 spiro atoms. The van der Waals surface area contributed by atoms with Gasteiger partial charge in [0.1, 0.15) is 5.75 Å². The average Bonchev–Trinajstić information content (AvgIpc) is 2.82. The van der Waals surface area contributed by atoms with E-state index in [1.54, 1.807) is 0 Å². The summed E-state index contributed by atoms with van der Waals surface area (Å²) >= 11 is 0. The lowest BCUT2D eigenvalue weighted by Crippen LogP contribution is -2.35. The zero-order valence-electron chi connectivity index (χ0n) is 11.4. The Balaban J connectivity index is 2.09. The molecule has 0 saturated heterocycles. The minimum Gasteiger partial charge on any atom is -0.493 e. The Hall–Kier alpha value is -1.35. The molecule has 0 N–H and O–H groups in total. The van der Waals surface area contributed by atoms with Crippen molar-refractivity contribution in [3.63, 3.8) is 0 Å². The molecule has 0 unspecified atom stereocenters. The molecule has 0 radical (unpaired) electrons. The zero-order chi connectivity index (χ0) is 13.1. The van der Waals surface area contributed by atoms with E-state index >= 15 is 0 Å². The van der Waals surface area contributed by atoms with Crippen molar-refractivity contribution < 1.29 is 9.53 Å². The summed E-state index contributed by atoms with van der Waals surface area (Å²) in [7, 11) is 0. The minimum absolute atomic E-state index is 0.195. The summed E-state index contributed by atoms with van der Waals surface area (Å²) in [4.78, 5) is 14.4. The molecular formula is C15H21NO2. The maximum absolute atomic E-state index is 12.2. The lowest BCUT2D eigenvalue weighted by molar-refractivity contribution is 0.0911. The van der Waals surface area contributed by atoms with Gasteiger partial charge in [-0.2, -0.15) is 0 Å². The van der Waals surface area contributed by atoms with E-state index in [2.05, 4.69) is 25.7 Å². The highest BCUT2D eigenvalue weighted by molar-refractivity contribution is 5.98. The number of ketones is 1. The summed E-state index contributed by atoms with van der Waals surface area (Å²) in [6.45, 7) is 8.45. The van der Waals surface area contributed by atoms with Crippen molar-refractivity contribution in [1.29, 1.82) is 0 Å². The number of carbonyl (C=O) groups is 1. The first-order chi connectivity index (χ1) is 8.61. The molecule has 1 aliphatic heterocycles. The second-order valence-corrected chi connectivity index (χ2v) is 5.00. The van der Waals surface area contributed by atoms with Gasteiger partial charge in [-0.05, 0) is 44.2 Å². The Morgan fingerprint density at radius 2 is 2.22 bits per heavy atom. The number of fused-ring (bicyclic) bond motifs is 1. The number of ether oxygens (including phenoxy) is 1. The highest BCUT2D eigenvalue weighted by Crippen LogP contribution is 2.26. The Morgan fingerprint density at radius 1 is 1.44 bits per heavy atom. The Bertz CT molecular complexity index is 440. The van der Waals surface area contributed by atoms with Crippen molar-refractivity contribution in [2.24, 2.45) is 0 Å². The third kappa shape index (κ3) is 2.72. The van der Waals surface area contributed by atoms with E-state index in [1.807, 2.05) is 18.2 Å². The maximum atomic E-state index is 12.2. The molecule has 0 bridgehead atoms. The number of Topliss-reactive ketones (excluding diaryl/α,β-unsaturated/α-hetero) is 1. The highest BCUT2D eigenvalue weighted by Gasteiger charge is 2.17. The van der Waals surface area contributed by atoms with Crippen molar-refractivity contribution in [3.8, 4) is 5.75 Å². The van der Waals surface area contributed by atoms with Crippen LogP contribution in [0.3, 0.4) is 0 Å². The topological polar surface area (TPSA) is 29.5 Å². The smallest absolute Gasteiger partial charge is 0.176 e. The van der Waals surface area contributed by atoms with Gasteiger partial charge in [-0.3, -0.25) is 9.69 Å². The fourth-order valence-corrected chi connectivity index (χ4v) is 2.30. The molecule has 3 heteroatoms. The first kappa shape index (κ1) is 13.1. The molecule has 98 valence electrons. The molecule has 2 rings (SSSR count). The van der Waals surface area contributed by atoms with Gasteiger partial charge in [0.05, 0.1) is 13.2 Å². The number of likely N-dealkylation sites (N-methyl/N-ethyl adjacent to an activating group) is 1. The largest absolute Gasteiger partial charge is 0.493 e. The molecule has 0 aromatic heterocycles. The molecule has 0 saturated carbocycles. The van der Waals surface area contributed by atoms with E-state index in [1.165, 1.54) is 0 Å². The van der Waals surface area contributed by atoms with Gasteiger partial charge in [0.15, 0.2) is 5.78 Å². The van der Waals surface area contributed by atoms with Gasteiger partial charge in [0.2, 0.25) is 0 Å². The van der Waals surface area contributed by atoms with Gasteiger partial charge in [0, 0.05) is 18.0 Å². The van der Waals surface area contributed by atoms with Crippen molar-refractivity contribution in [2.45, 2.75) is 33.2 Å². The molecule has 3 nitrogen and oxygen atoms in total.